The Morgan fingerprint density at radius 2 is 1.95 bits per heavy atom. The van der Waals surface area contributed by atoms with Crippen LogP contribution in [0.15, 0.2) is 76.6 Å². The van der Waals surface area contributed by atoms with Crippen LogP contribution in [0.2, 0.25) is 0 Å². The first-order valence-electron chi connectivity index (χ1n) is 11.4. The number of rotatable bonds is 5. The Balaban J connectivity index is 1.37. The molecule has 4 aromatic rings. The molecule has 0 bridgehead atoms. The summed E-state index contributed by atoms with van der Waals surface area (Å²) in [6.45, 7) is 2.38. The van der Waals surface area contributed by atoms with E-state index >= 15 is 0 Å². The molecule has 0 atom stereocenters. The lowest BCUT2D eigenvalue weighted by Gasteiger charge is -2.14. The quantitative estimate of drug-likeness (QED) is 0.266. The molecule has 0 aliphatic carbocycles. The number of ether oxygens (including phenoxy) is 3. The number of thioether (sulfide) groups is 1. The van der Waals surface area contributed by atoms with Crippen LogP contribution in [0.5, 0.6) is 23.1 Å². The molecule has 1 amide bonds. The van der Waals surface area contributed by atoms with Gasteiger partial charge in [0.05, 0.1) is 11.4 Å². The van der Waals surface area contributed by atoms with Gasteiger partial charge in [-0.3, -0.25) is 18.9 Å². The number of carbonyl (C=O) groups is 1. The normalized spacial score (nSPS) is 15.7. The summed E-state index contributed by atoms with van der Waals surface area (Å²) in [6.07, 6.45) is 3.14. The summed E-state index contributed by atoms with van der Waals surface area (Å²) in [7, 11) is 0. The maximum absolute atomic E-state index is 13.5. The zero-order valence-electron chi connectivity index (χ0n) is 19.5. The Hall–Kier alpha value is -4.15. The van der Waals surface area contributed by atoms with Crippen LogP contribution in [0.3, 0.4) is 0 Å². The summed E-state index contributed by atoms with van der Waals surface area (Å²) < 4.78 is 18.7. The van der Waals surface area contributed by atoms with Crippen LogP contribution in [0, 0.1) is 6.92 Å². The number of pyridine rings is 1. The van der Waals surface area contributed by atoms with Crippen molar-refractivity contribution >= 4 is 45.9 Å². The maximum atomic E-state index is 13.5. The topological polar surface area (TPSA) is 82.4 Å². The third-order valence-electron chi connectivity index (χ3n) is 5.86. The van der Waals surface area contributed by atoms with E-state index in [0.29, 0.717) is 32.1 Å². The minimum Gasteiger partial charge on any atom is -0.454 e. The molecular weight excluding hydrogens is 510 g/mol. The van der Waals surface area contributed by atoms with E-state index in [1.807, 2.05) is 43.3 Å². The van der Waals surface area contributed by atoms with Gasteiger partial charge in [-0.2, -0.15) is 4.98 Å². The Morgan fingerprint density at radius 3 is 2.81 bits per heavy atom. The van der Waals surface area contributed by atoms with Gasteiger partial charge < -0.3 is 14.2 Å². The number of aromatic nitrogens is 2. The summed E-state index contributed by atoms with van der Waals surface area (Å²) >= 11 is 6.65. The van der Waals surface area contributed by atoms with Gasteiger partial charge in [0.15, 0.2) is 11.5 Å². The van der Waals surface area contributed by atoms with E-state index in [1.54, 1.807) is 30.5 Å². The number of fused-ring (bicyclic) bond motifs is 2. The number of aryl methyl sites for hydroxylation is 1. The van der Waals surface area contributed by atoms with Gasteiger partial charge in [0.25, 0.3) is 11.5 Å². The van der Waals surface area contributed by atoms with E-state index in [9.17, 15) is 9.59 Å². The van der Waals surface area contributed by atoms with E-state index < -0.39 is 0 Å². The Bertz CT molecular complexity index is 1680. The smallest absolute Gasteiger partial charge is 0.269 e. The largest absolute Gasteiger partial charge is 0.454 e. The molecule has 0 unspecified atom stereocenters. The van der Waals surface area contributed by atoms with Gasteiger partial charge in [-0.1, -0.05) is 48.2 Å². The van der Waals surface area contributed by atoms with Crippen LogP contribution in [-0.2, 0) is 11.3 Å². The minimum absolute atomic E-state index is 0.114. The third kappa shape index (κ3) is 4.45. The predicted octanol–water partition coefficient (Wildman–Crippen LogP) is 4.93. The average Bonchev–Trinajstić information content (AvgIpc) is 3.46. The molecule has 37 heavy (non-hydrogen) atoms. The average molecular weight is 530 g/mol. The van der Waals surface area contributed by atoms with Crippen molar-refractivity contribution < 1.29 is 19.0 Å². The lowest BCUT2D eigenvalue weighted by Crippen LogP contribution is -2.27. The van der Waals surface area contributed by atoms with Crippen LogP contribution in [0.1, 0.15) is 16.7 Å². The molecule has 8 nitrogen and oxygen atoms in total. The van der Waals surface area contributed by atoms with Crippen molar-refractivity contribution in [2.24, 2.45) is 0 Å². The van der Waals surface area contributed by atoms with E-state index in [4.69, 9.17) is 26.4 Å². The van der Waals surface area contributed by atoms with Crippen LogP contribution in [0.25, 0.3) is 11.7 Å². The summed E-state index contributed by atoms with van der Waals surface area (Å²) in [6, 6.07) is 18.2. The van der Waals surface area contributed by atoms with Gasteiger partial charge in [-0.25, -0.2) is 0 Å². The second-order valence-electron chi connectivity index (χ2n) is 8.44. The number of carbonyl (C=O) groups excluding carboxylic acids is 1. The van der Waals surface area contributed by atoms with Crippen LogP contribution < -0.4 is 19.8 Å². The summed E-state index contributed by atoms with van der Waals surface area (Å²) in [5.41, 5.74) is 2.09. The van der Waals surface area contributed by atoms with Crippen molar-refractivity contribution in [2.45, 2.75) is 13.5 Å². The molecular formula is C27H19N3O5S2. The fourth-order valence-electron chi connectivity index (χ4n) is 4.06. The fraction of sp³-hybridized carbons (Fsp3) is 0.111. The fourth-order valence-corrected chi connectivity index (χ4v) is 5.30. The van der Waals surface area contributed by atoms with Crippen molar-refractivity contribution in [2.75, 3.05) is 6.79 Å². The highest BCUT2D eigenvalue weighted by atomic mass is 32.2. The van der Waals surface area contributed by atoms with Gasteiger partial charge in [-0.15, -0.1) is 0 Å². The van der Waals surface area contributed by atoms with Gasteiger partial charge in [0.1, 0.15) is 21.3 Å². The lowest BCUT2D eigenvalue weighted by molar-refractivity contribution is -0.122. The maximum Gasteiger partial charge on any atom is 0.269 e. The van der Waals surface area contributed by atoms with Crippen molar-refractivity contribution in [1.82, 2.24) is 14.3 Å². The molecule has 2 aromatic carbocycles. The van der Waals surface area contributed by atoms with Gasteiger partial charge >= 0.3 is 0 Å². The molecule has 0 N–H and O–H groups in total. The van der Waals surface area contributed by atoms with Gasteiger partial charge in [0, 0.05) is 6.20 Å². The van der Waals surface area contributed by atoms with Crippen LogP contribution in [0.4, 0.5) is 0 Å². The highest BCUT2D eigenvalue weighted by Gasteiger charge is 2.33. The lowest BCUT2D eigenvalue weighted by atomic mass is 10.2. The van der Waals surface area contributed by atoms with E-state index in [-0.39, 0.29) is 36.2 Å². The molecule has 4 heterocycles. The van der Waals surface area contributed by atoms with E-state index in [2.05, 4.69) is 4.98 Å². The van der Waals surface area contributed by atoms with Crippen molar-refractivity contribution in [3.63, 3.8) is 0 Å². The first kappa shape index (κ1) is 23.3. The molecule has 2 aromatic heterocycles. The number of thiocarbonyl (C=S) groups is 1. The second kappa shape index (κ2) is 9.38. The molecule has 2 aliphatic heterocycles. The molecule has 2 aliphatic rings. The number of nitrogens with zero attached hydrogens (tertiary/aromatic N) is 3. The Morgan fingerprint density at radius 1 is 1.08 bits per heavy atom. The zero-order valence-corrected chi connectivity index (χ0v) is 21.2. The van der Waals surface area contributed by atoms with Gasteiger partial charge in [0.2, 0.25) is 12.7 Å². The molecule has 1 fully saturated rings. The third-order valence-corrected chi connectivity index (χ3v) is 7.24. The Labute approximate surface area is 221 Å². The molecule has 10 heteroatoms. The monoisotopic (exact) mass is 529 g/mol. The van der Waals surface area contributed by atoms with Crippen molar-refractivity contribution in [3.8, 4) is 23.1 Å². The van der Waals surface area contributed by atoms with Crippen molar-refractivity contribution in [3.05, 3.63) is 98.8 Å². The molecule has 0 saturated carbocycles. The van der Waals surface area contributed by atoms with Crippen molar-refractivity contribution in [1.29, 1.82) is 0 Å². The summed E-state index contributed by atoms with van der Waals surface area (Å²) in [5.74, 6) is 1.65. The second-order valence-corrected chi connectivity index (χ2v) is 10.1. The predicted molar refractivity (Wildman–Crippen MR) is 144 cm³/mol. The first-order valence-corrected chi connectivity index (χ1v) is 12.6. The SMILES string of the molecule is Cc1cccc(Oc2nc3ccccn3c(=O)c2/C=C2/SC(=S)N(Cc3ccc4c(c3)OCO4)C2=O)c1. The van der Waals surface area contributed by atoms with E-state index in [1.165, 1.54) is 15.4 Å². The number of amides is 1. The standard InChI is InChI=1S/C27H19N3O5S2/c1-16-5-4-6-18(11-16)35-24-19(25(31)29-10-3-2-7-23(29)28-24)13-22-26(32)30(27(36)37-22)14-17-8-9-20-21(12-17)34-15-33-20/h2-13H,14-15H2,1H3/b22-13+. The van der Waals surface area contributed by atoms with Gasteiger partial charge in [-0.05, 0) is 60.5 Å². The summed E-state index contributed by atoms with van der Waals surface area (Å²) in [5, 5.41) is 0. The van der Waals surface area contributed by atoms with Crippen LogP contribution in [-0.4, -0.2) is 31.3 Å². The highest BCUT2D eigenvalue weighted by molar-refractivity contribution is 8.26. The number of hydrogen-bond donors (Lipinski definition) is 0. The first-order chi connectivity index (χ1) is 18.0. The molecule has 184 valence electrons. The highest BCUT2D eigenvalue weighted by Crippen LogP contribution is 2.37. The van der Waals surface area contributed by atoms with Crippen LogP contribution >= 0.6 is 24.0 Å². The number of hydrogen-bond acceptors (Lipinski definition) is 8. The number of benzene rings is 2. The Kier molecular flexibility index (Phi) is 5.90. The molecule has 6 rings (SSSR count). The molecule has 0 spiro atoms. The summed E-state index contributed by atoms with van der Waals surface area (Å²) in [4.78, 5) is 33.2. The van der Waals surface area contributed by atoms with E-state index in [0.717, 1.165) is 22.9 Å². The molecule has 0 radical (unpaired) electrons. The zero-order chi connectivity index (χ0) is 25.5. The molecule has 1 saturated heterocycles. The minimum atomic E-state index is -0.353.